The summed E-state index contributed by atoms with van der Waals surface area (Å²) in [5.41, 5.74) is 0.453. The van der Waals surface area contributed by atoms with Crippen LogP contribution in [-0.2, 0) is 0 Å². The second kappa shape index (κ2) is 8.64. The zero-order chi connectivity index (χ0) is 21.0. The van der Waals surface area contributed by atoms with Crippen LogP contribution < -0.4 is 9.47 Å². The number of rotatable bonds is 5. The normalized spacial score (nSPS) is 13.7. The molecule has 1 fully saturated rings. The summed E-state index contributed by atoms with van der Waals surface area (Å²) in [6.07, 6.45) is 0. The molecule has 1 aliphatic rings. The van der Waals surface area contributed by atoms with Gasteiger partial charge in [-0.1, -0.05) is 18.2 Å². The third kappa shape index (κ3) is 4.01. The minimum atomic E-state index is -1.15. The summed E-state index contributed by atoms with van der Waals surface area (Å²) >= 11 is 0. The first-order valence-electron chi connectivity index (χ1n) is 9.09. The van der Waals surface area contributed by atoms with Crippen LogP contribution in [0, 0.1) is 0 Å². The van der Waals surface area contributed by atoms with Crippen molar-refractivity contribution >= 4 is 17.8 Å². The van der Waals surface area contributed by atoms with Gasteiger partial charge in [0.15, 0.2) is 0 Å². The number of piperazine rings is 1. The van der Waals surface area contributed by atoms with E-state index in [1.54, 1.807) is 40.1 Å². The monoisotopic (exact) mass is 398 g/mol. The third-order valence-corrected chi connectivity index (χ3v) is 4.88. The second-order valence-corrected chi connectivity index (χ2v) is 6.47. The fraction of sp³-hybridized carbons (Fsp3) is 0.286. The Hall–Kier alpha value is -3.55. The van der Waals surface area contributed by atoms with Gasteiger partial charge in [-0.25, -0.2) is 4.79 Å². The van der Waals surface area contributed by atoms with Gasteiger partial charge in [-0.3, -0.25) is 9.59 Å². The SMILES string of the molecule is COc1cccc(OC)c1C(=O)N1CCN(C(=O)c2ccccc2C(=O)O)CC1. The highest BCUT2D eigenvalue weighted by Crippen LogP contribution is 2.30. The van der Waals surface area contributed by atoms with Crippen LogP contribution in [0.4, 0.5) is 0 Å². The first kappa shape index (κ1) is 20.2. The quantitative estimate of drug-likeness (QED) is 0.828. The Labute approximate surface area is 168 Å². The summed E-state index contributed by atoms with van der Waals surface area (Å²) in [7, 11) is 2.98. The molecule has 2 aromatic rings. The van der Waals surface area contributed by atoms with E-state index in [-0.39, 0.29) is 22.9 Å². The predicted octanol–water partition coefficient (Wildman–Crippen LogP) is 2.00. The van der Waals surface area contributed by atoms with E-state index in [1.807, 2.05) is 0 Å². The highest BCUT2D eigenvalue weighted by atomic mass is 16.5. The molecule has 3 rings (SSSR count). The van der Waals surface area contributed by atoms with E-state index < -0.39 is 5.97 Å². The molecule has 2 aromatic carbocycles. The number of ether oxygens (including phenoxy) is 2. The molecule has 152 valence electrons. The lowest BCUT2D eigenvalue weighted by atomic mass is 10.1. The maximum Gasteiger partial charge on any atom is 0.336 e. The summed E-state index contributed by atoms with van der Waals surface area (Å²) in [6.45, 7) is 1.24. The van der Waals surface area contributed by atoms with Crippen LogP contribution in [0.15, 0.2) is 42.5 Å². The van der Waals surface area contributed by atoms with E-state index in [1.165, 1.54) is 26.4 Å². The molecule has 1 aliphatic heterocycles. The van der Waals surface area contributed by atoms with E-state index in [9.17, 15) is 19.5 Å². The second-order valence-electron chi connectivity index (χ2n) is 6.47. The number of carbonyl (C=O) groups is 3. The molecule has 0 unspecified atom stereocenters. The Morgan fingerprint density at radius 3 is 1.72 bits per heavy atom. The van der Waals surface area contributed by atoms with E-state index in [0.29, 0.717) is 43.2 Å². The van der Waals surface area contributed by atoms with Crippen molar-refractivity contribution in [2.24, 2.45) is 0 Å². The number of hydrogen-bond acceptors (Lipinski definition) is 5. The minimum absolute atomic E-state index is 0.0326. The Balaban J connectivity index is 1.74. The van der Waals surface area contributed by atoms with Crippen LogP contribution in [0.3, 0.4) is 0 Å². The van der Waals surface area contributed by atoms with Crippen LogP contribution in [0.1, 0.15) is 31.1 Å². The average Bonchev–Trinajstić information content (AvgIpc) is 2.77. The van der Waals surface area contributed by atoms with Crippen LogP contribution in [0.5, 0.6) is 11.5 Å². The lowest BCUT2D eigenvalue weighted by Crippen LogP contribution is -2.50. The summed E-state index contributed by atoms with van der Waals surface area (Å²) in [5.74, 6) is -0.903. The van der Waals surface area contributed by atoms with Gasteiger partial charge in [0.25, 0.3) is 11.8 Å². The van der Waals surface area contributed by atoms with Crippen LogP contribution >= 0.6 is 0 Å². The molecular formula is C21H22N2O6. The highest BCUT2D eigenvalue weighted by molar-refractivity contribution is 6.05. The lowest BCUT2D eigenvalue weighted by Gasteiger charge is -2.35. The van der Waals surface area contributed by atoms with Crippen LogP contribution in [0.25, 0.3) is 0 Å². The van der Waals surface area contributed by atoms with Gasteiger partial charge in [-0.05, 0) is 24.3 Å². The van der Waals surface area contributed by atoms with Crippen molar-refractivity contribution in [3.05, 3.63) is 59.2 Å². The van der Waals surface area contributed by atoms with Crippen molar-refractivity contribution in [1.29, 1.82) is 0 Å². The maximum absolute atomic E-state index is 13.0. The number of carbonyl (C=O) groups excluding carboxylic acids is 2. The largest absolute Gasteiger partial charge is 0.496 e. The van der Waals surface area contributed by atoms with E-state index >= 15 is 0 Å². The van der Waals surface area contributed by atoms with Crippen molar-refractivity contribution in [1.82, 2.24) is 9.80 Å². The van der Waals surface area contributed by atoms with E-state index in [0.717, 1.165) is 0 Å². The van der Waals surface area contributed by atoms with Gasteiger partial charge in [0, 0.05) is 26.2 Å². The smallest absolute Gasteiger partial charge is 0.336 e. The van der Waals surface area contributed by atoms with Crippen molar-refractivity contribution < 1.29 is 29.0 Å². The first-order chi connectivity index (χ1) is 14.0. The van der Waals surface area contributed by atoms with Gasteiger partial charge in [0.2, 0.25) is 0 Å². The third-order valence-electron chi connectivity index (χ3n) is 4.88. The molecule has 1 N–H and O–H groups in total. The number of carboxylic acids is 1. The molecular weight excluding hydrogens is 376 g/mol. The molecule has 0 spiro atoms. The molecule has 1 heterocycles. The number of methoxy groups -OCH3 is 2. The van der Waals surface area contributed by atoms with Crippen LogP contribution in [0.2, 0.25) is 0 Å². The molecule has 8 heteroatoms. The van der Waals surface area contributed by atoms with Crippen molar-refractivity contribution in [3.63, 3.8) is 0 Å². The molecule has 0 aromatic heterocycles. The Morgan fingerprint density at radius 1 is 0.759 bits per heavy atom. The van der Waals surface area contributed by atoms with Gasteiger partial charge in [0.1, 0.15) is 17.1 Å². The number of amides is 2. The Bertz CT molecular complexity index is 912. The summed E-state index contributed by atoms with van der Waals surface area (Å²) in [5, 5.41) is 9.31. The highest BCUT2D eigenvalue weighted by Gasteiger charge is 2.30. The zero-order valence-corrected chi connectivity index (χ0v) is 16.3. The maximum atomic E-state index is 13.0. The fourth-order valence-electron chi connectivity index (χ4n) is 3.36. The van der Waals surface area contributed by atoms with Crippen molar-refractivity contribution in [2.75, 3.05) is 40.4 Å². The van der Waals surface area contributed by atoms with E-state index in [4.69, 9.17) is 9.47 Å². The summed E-state index contributed by atoms with van der Waals surface area (Å²) in [4.78, 5) is 40.4. The lowest BCUT2D eigenvalue weighted by molar-refractivity contribution is 0.0528. The fourth-order valence-corrected chi connectivity index (χ4v) is 3.36. The average molecular weight is 398 g/mol. The number of hydrogen-bond donors (Lipinski definition) is 1. The van der Waals surface area contributed by atoms with E-state index in [2.05, 4.69) is 0 Å². The molecule has 29 heavy (non-hydrogen) atoms. The van der Waals surface area contributed by atoms with Gasteiger partial charge >= 0.3 is 5.97 Å². The number of aromatic carboxylic acids is 1. The van der Waals surface area contributed by atoms with Gasteiger partial charge in [-0.2, -0.15) is 0 Å². The number of carboxylic acid groups (broad SMARTS) is 1. The number of nitrogens with zero attached hydrogens (tertiary/aromatic N) is 2. The minimum Gasteiger partial charge on any atom is -0.496 e. The van der Waals surface area contributed by atoms with Gasteiger partial charge in [0.05, 0.1) is 25.3 Å². The zero-order valence-electron chi connectivity index (χ0n) is 16.3. The van der Waals surface area contributed by atoms with Crippen molar-refractivity contribution in [2.45, 2.75) is 0 Å². The molecule has 0 saturated carbocycles. The molecule has 0 bridgehead atoms. The molecule has 1 saturated heterocycles. The summed E-state index contributed by atoms with van der Waals surface area (Å²) in [6, 6.07) is 11.2. The summed E-state index contributed by atoms with van der Waals surface area (Å²) < 4.78 is 10.6. The number of benzene rings is 2. The molecule has 0 radical (unpaired) electrons. The molecule has 2 amide bonds. The van der Waals surface area contributed by atoms with Gasteiger partial charge in [-0.15, -0.1) is 0 Å². The molecule has 8 nitrogen and oxygen atoms in total. The standard InChI is InChI=1S/C21H22N2O6/c1-28-16-8-5-9-17(29-2)18(16)20(25)23-12-10-22(11-13-23)19(24)14-6-3-4-7-15(14)21(26)27/h3-9H,10-13H2,1-2H3,(H,26,27). The predicted molar refractivity (Wildman–Crippen MR) is 105 cm³/mol. The Morgan fingerprint density at radius 2 is 1.24 bits per heavy atom. The topological polar surface area (TPSA) is 96.4 Å². The first-order valence-corrected chi connectivity index (χ1v) is 9.09. The van der Waals surface area contributed by atoms with Crippen LogP contribution in [-0.4, -0.2) is 73.1 Å². The Kier molecular flexibility index (Phi) is 6.01. The van der Waals surface area contributed by atoms with Gasteiger partial charge < -0.3 is 24.4 Å². The molecule has 0 aliphatic carbocycles. The van der Waals surface area contributed by atoms with Crippen molar-refractivity contribution in [3.8, 4) is 11.5 Å². The molecule has 0 atom stereocenters.